The first kappa shape index (κ1) is 20.5. The summed E-state index contributed by atoms with van der Waals surface area (Å²) in [4.78, 5) is 24.2. The summed E-state index contributed by atoms with van der Waals surface area (Å²) in [7, 11) is 0. The van der Waals surface area contributed by atoms with Crippen LogP contribution in [0.4, 0.5) is 5.69 Å². The van der Waals surface area contributed by atoms with Gasteiger partial charge in [0.2, 0.25) is 11.8 Å². The molecule has 1 heterocycles. The molecule has 0 spiro atoms. The van der Waals surface area contributed by atoms with Crippen LogP contribution in [-0.2, 0) is 9.59 Å². The van der Waals surface area contributed by atoms with Crippen molar-refractivity contribution in [3.8, 4) is 0 Å². The minimum atomic E-state index is -0.260. The number of benzene rings is 1. The first-order chi connectivity index (χ1) is 12.9. The van der Waals surface area contributed by atoms with Crippen molar-refractivity contribution in [3.63, 3.8) is 0 Å². The van der Waals surface area contributed by atoms with E-state index < -0.39 is 0 Å². The highest BCUT2D eigenvalue weighted by molar-refractivity contribution is 5.94. The van der Waals surface area contributed by atoms with Gasteiger partial charge < -0.3 is 15.1 Å². The molecule has 1 aromatic carbocycles. The van der Waals surface area contributed by atoms with Gasteiger partial charge >= 0.3 is 0 Å². The number of carbonyl (C=O) groups excluding carboxylic acids is 2. The summed E-state index contributed by atoms with van der Waals surface area (Å²) in [5.74, 6) is 0.857. The van der Waals surface area contributed by atoms with E-state index in [4.69, 9.17) is 4.42 Å². The van der Waals surface area contributed by atoms with Gasteiger partial charge in [0.25, 0.3) is 0 Å². The van der Waals surface area contributed by atoms with Crippen LogP contribution in [0.5, 0.6) is 0 Å². The number of hydrogen-bond acceptors (Lipinski definition) is 3. The molecule has 2 N–H and O–H groups in total. The van der Waals surface area contributed by atoms with Crippen molar-refractivity contribution in [2.75, 3.05) is 11.9 Å². The van der Waals surface area contributed by atoms with Crippen molar-refractivity contribution in [3.05, 3.63) is 59.6 Å². The number of carbonyl (C=O) groups is 2. The summed E-state index contributed by atoms with van der Waals surface area (Å²) in [5.41, 5.74) is 3.15. The van der Waals surface area contributed by atoms with Gasteiger partial charge in [0.15, 0.2) is 0 Å². The predicted molar refractivity (Wildman–Crippen MR) is 109 cm³/mol. The maximum atomic E-state index is 12.4. The molecule has 144 valence electrons. The summed E-state index contributed by atoms with van der Waals surface area (Å²) >= 11 is 0. The number of anilines is 1. The maximum Gasteiger partial charge on any atom is 0.244 e. The Bertz CT molecular complexity index is 764. The van der Waals surface area contributed by atoms with Crippen molar-refractivity contribution in [1.29, 1.82) is 0 Å². The molecule has 2 aromatic rings. The third kappa shape index (κ3) is 6.13. The maximum absolute atomic E-state index is 12.4. The molecule has 2 rings (SSSR count). The van der Waals surface area contributed by atoms with E-state index in [2.05, 4.69) is 38.3 Å². The molecule has 0 saturated carbocycles. The van der Waals surface area contributed by atoms with Crippen LogP contribution < -0.4 is 10.6 Å². The van der Waals surface area contributed by atoms with Crippen molar-refractivity contribution < 1.29 is 14.0 Å². The first-order valence-electron chi connectivity index (χ1n) is 9.30. The van der Waals surface area contributed by atoms with Crippen molar-refractivity contribution in [2.24, 2.45) is 0 Å². The lowest BCUT2D eigenvalue weighted by Crippen LogP contribution is -2.26. The molecule has 5 nitrogen and oxygen atoms in total. The van der Waals surface area contributed by atoms with E-state index in [1.165, 1.54) is 6.08 Å². The quantitative estimate of drug-likeness (QED) is 0.664. The lowest BCUT2D eigenvalue weighted by molar-refractivity contribution is -0.117. The topological polar surface area (TPSA) is 71.3 Å². The summed E-state index contributed by atoms with van der Waals surface area (Å²) in [6.07, 6.45) is 4.73. The fourth-order valence-electron chi connectivity index (χ4n) is 2.80. The summed E-state index contributed by atoms with van der Waals surface area (Å²) < 4.78 is 5.12. The monoisotopic (exact) mass is 368 g/mol. The van der Waals surface area contributed by atoms with Crippen LogP contribution in [0.25, 0.3) is 6.08 Å². The van der Waals surface area contributed by atoms with E-state index in [1.54, 1.807) is 24.5 Å². The molecule has 0 bridgehead atoms. The van der Waals surface area contributed by atoms with E-state index >= 15 is 0 Å². The molecule has 0 saturated heterocycles. The molecule has 0 aliphatic carbocycles. The van der Waals surface area contributed by atoms with Crippen LogP contribution in [0.15, 0.2) is 47.1 Å². The first-order valence-corrected chi connectivity index (χ1v) is 9.30. The number of amides is 2. The summed E-state index contributed by atoms with van der Waals surface area (Å²) in [6, 6.07) is 9.64. The van der Waals surface area contributed by atoms with Gasteiger partial charge in [-0.2, -0.15) is 0 Å². The van der Waals surface area contributed by atoms with Crippen LogP contribution in [0.1, 0.15) is 62.8 Å². The summed E-state index contributed by atoms with van der Waals surface area (Å²) in [6.45, 7) is 8.72. The molecule has 0 fully saturated rings. The Hall–Kier alpha value is -2.82. The lowest BCUT2D eigenvalue weighted by Gasteiger charge is -2.20. The summed E-state index contributed by atoms with van der Waals surface area (Å²) in [5, 5.41) is 5.75. The van der Waals surface area contributed by atoms with Gasteiger partial charge in [-0.3, -0.25) is 9.59 Å². The van der Waals surface area contributed by atoms with E-state index in [1.807, 2.05) is 18.2 Å². The highest BCUT2D eigenvalue weighted by Crippen LogP contribution is 2.32. The number of hydrogen-bond donors (Lipinski definition) is 2. The molecule has 0 aliphatic heterocycles. The highest BCUT2D eigenvalue weighted by Gasteiger charge is 2.15. The zero-order chi connectivity index (χ0) is 19.8. The Labute approximate surface area is 160 Å². The average Bonchev–Trinajstić information content (AvgIpc) is 3.13. The van der Waals surface area contributed by atoms with Gasteiger partial charge in [-0.05, 0) is 41.2 Å². The largest absolute Gasteiger partial charge is 0.465 e. The molecular formula is C22H28N2O3. The molecule has 2 amide bonds. The van der Waals surface area contributed by atoms with Crippen LogP contribution in [-0.4, -0.2) is 18.4 Å². The van der Waals surface area contributed by atoms with Crippen molar-refractivity contribution >= 4 is 23.6 Å². The Morgan fingerprint density at radius 3 is 2.26 bits per heavy atom. The molecule has 1 aromatic heterocycles. The second-order valence-corrected chi connectivity index (χ2v) is 7.06. The fraction of sp³-hybridized carbons (Fsp3) is 0.364. The molecule has 0 unspecified atom stereocenters. The minimum Gasteiger partial charge on any atom is -0.465 e. The van der Waals surface area contributed by atoms with Crippen molar-refractivity contribution in [1.82, 2.24) is 5.32 Å². The highest BCUT2D eigenvalue weighted by atomic mass is 16.3. The van der Waals surface area contributed by atoms with Gasteiger partial charge in [0.05, 0.1) is 6.26 Å². The van der Waals surface area contributed by atoms with Crippen LogP contribution >= 0.6 is 0 Å². The van der Waals surface area contributed by atoms with Crippen LogP contribution in [0.3, 0.4) is 0 Å². The molecule has 0 radical (unpaired) electrons. The number of nitrogens with one attached hydrogen (secondary N) is 2. The van der Waals surface area contributed by atoms with Crippen LogP contribution in [0, 0.1) is 0 Å². The predicted octanol–water partition coefficient (Wildman–Crippen LogP) is 4.68. The second-order valence-electron chi connectivity index (χ2n) is 7.06. The molecule has 0 atom stereocenters. The Morgan fingerprint density at radius 2 is 1.70 bits per heavy atom. The Balaban J connectivity index is 1.91. The average molecular weight is 368 g/mol. The molecule has 27 heavy (non-hydrogen) atoms. The molecular weight excluding hydrogens is 340 g/mol. The zero-order valence-corrected chi connectivity index (χ0v) is 16.4. The van der Waals surface area contributed by atoms with Gasteiger partial charge in [-0.25, -0.2) is 0 Å². The number of furan rings is 1. The third-order valence-electron chi connectivity index (χ3n) is 4.23. The van der Waals surface area contributed by atoms with Crippen LogP contribution in [0.2, 0.25) is 0 Å². The number of para-hydroxylation sites is 1. The minimum absolute atomic E-state index is 0.111. The van der Waals surface area contributed by atoms with Gasteiger partial charge in [-0.1, -0.05) is 45.9 Å². The van der Waals surface area contributed by atoms with Gasteiger partial charge in [0.1, 0.15) is 5.76 Å². The fourth-order valence-corrected chi connectivity index (χ4v) is 2.80. The lowest BCUT2D eigenvalue weighted by atomic mass is 9.92. The van der Waals surface area contributed by atoms with E-state index in [-0.39, 0.29) is 24.8 Å². The van der Waals surface area contributed by atoms with Gasteiger partial charge in [-0.15, -0.1) is 0 Å². The molecule has 5 heteroatoms. The Kier molecular flexibility index (Phi) is 7.41. The third-order valence-corrected chi connectivity index (χ3v) is 4.23. The van der Waals surface area contributed by atoms with Crippen molar-refractivity contribution in [2.45, 2.75) is 46.0 Å². The van der Waals surface area contributed by atoms with E-state index in [0.717, 1.165) is 16.8 Å². The normalized spacial score (nSPS) is 11.3. The van der Waals surface area contributed by atoms with E-state index in [0.29, 0.717) is 17.6 Å². The van der Waals surface area contributed by atoms with Gasteiger partial charge in [0, 0.05) is 24.7 Å². The number of rotatable bonds is 8. The Morgan fingerprint density at radius 1 is 1.04 bits per heavy atom. The molecule has 0 aliphatic rings. The second kappa shape index (κ2) is 9.76. The standard InChI is InChI=1S/C22H28N2O3/c1-15(2)18-8-5-9-19(16(3)4)22(18)24-21(26)12-13-23-20(25)11-10-17-7-6-14-27-17/h5-11,14-16H,12-13H2,1-4H3,(H,23,25)(H,24,26)/b11-10+. The SMILES string of the molecule is CC(C)c1cccc(C(C)C)c1NC(=O)CCNC(=O)/C=C/c1ccco1. The van der Waals surface area contributed by atoms with E-state index in [9.17, 15) is 9.59 Å². The smallest absolute Gasteiger partial charge is 0.244 e. The zero-order valence-electron chi connectivity index (χ0n) is 16.4.